The average Bonchev–Trinajstić information content (AvgIpc) is 2.63. The fraction of sp³-hybridized carbons (Fsp3) is 0.0476. The van der Waals surface area contributed by atoms with Crippen LogP contribution in [0.2, 0.25) is 0 Å². The quantitative estimate of drug-likeness (QED) is 0.750. The third-order valence-electron chi connectivity index (χ3n) is 3.86. The molecular weight excluding hydrogens is 312 g/mol. The molecular formula is C21H18N2O2. The summed E-state index contributed by atoms with van der Waals surface area (Å²) in [7, 11) is 0. The summed E-state index contributed by atoms with van der Waals surface area (Å²) < 4.78 is 0. The van der Waals surface area contributed by atoms with Gasteiger partial charge in [-0.15, -0.1) is 0 Å². The molecule has 0 spiro atoms. The highest BCUT2D eigenvalue weighted by Gasteiger charge is 2.07. The van der Waals surface area contributed by atoms with Gasteiger partial charge < -0.3 is 11.1 Å². The Balaban J connectivity index is 1.65. The van der Waals surface area contributed by atoms with Crippen molar-refractivity contribution in [3.8, 4) is 11.1 Å². The Hall–Kier alpha value is -3.40. The largest absolute Gasteiger partial charge is 0.366 e. The van der Waals surface area contributed by atoms with E-state index >= 15 is 0 Å². The number of hydrogen-bond acceptors (Lipinski definition) is 2. The maximum Gasteiger partial charge on any atom is 0.248 e. The number of amides is 2. The predicted molar refractivity (Wildman–Crippen MR) is 99.2 cm³/mol. The van der Waals surface area contributed by atoms with Crippen molar-refractivity contribution in [3.05, 3.63) is 90.0 Å². The van der Waals surface area contributed by atoms with Crippen molar-refractivity contribution in [1.82, 2.24) is 0 Å². The summed E-state index contributed by atoms with van der Waals surface area (Å²) in [5.41, 5.74) is 9.34. The second kappa shape index (κ2) is 7.45. The van der Waals surface area contributed by atoms with Gasteiger partial charge in [0.05, 0.1) is 6.42 Å². The normalized spacial score (nSPS) is 10.2. The van der Waals surface area contributed by atoms with Gasteiger partial charge in [0, 0.05) is 11.3 Å². The Morgan fingerprint density at radius 3 is 2.16 bits per heavy atom. The standard InChI is InChI=1S/C21H18N2O2/c22-21(25)18-7-4-8-19(14-18)23-20(24)13-15-9-11-17(12-10-15)16-5-2-1-3-6-16/h1-12,14H,13H2,(H2,22,25)(H,23,24). The van der Waals surface area contributed by atoms with Crippen LogP contribution < -0.4 is 11.1 Å². The van der Waals surface area contributed by atoms with E-state index in [1.165, 1.54) is 0 Å². The summed E-state index contributed by atoms with van der Waals surface area (Å²) in [5.74, 6) is -0.665. The van der Waals surface area contributed by atoms with E-state index in [1.807, 2.05) is 54.6 Å². The van der Waals surface area contributed by atoms with Crippen LogP contribution in [-0.2, 0) is 11.2 Å². The van der Waals surface area contributed by atoms with Crippen molar-refractivity contribution in [1.29, 1.82) is 0 Å². The van der Waals surface area contributed by atoms with Crippen molar-refractivity contribution in [2.24, 2.45) is 5.73 Å². The minimum Gasteiger partial charge on any atom is -0.366 e. The van der Waals surface area contributed by atoms with Crippen LogP contribution in [0.15, 0.2) is 78.9 Å². The van der Waals surface area contributed by atoms with Gasteiger partial charge in [0.2, 0.25) is 11.8 Å². The average molecular weight is 330 g/mol. The van der Waals surface area contributed by atoms with Crippen LogP contribution >= 0.6 is 0 Å². The molecule has 0 bridgehead atoms. The van der Waals surface area contributed by atoms with Crippen LogP contribution in [0, 0.1) is 0 Å². The number of anilines is 1. The zero-order chi connectivity index (χ0) is 17.6. The van der Waals surface area contributed by atoms with Crippen LogP contribution in [0.3, 0.4) is 0 Å². The minimum absolute atomic E-state index is 0.144. The van der Waals surface area contributed by atoms with E-state index in [-0.39, 0.29) is 12.3 Å². The maximum absolute atomic E-state index is 12.2. The summed E-state index contributed by atoms with van der Waals surface area (Å²) in [6, 6.07) is 24.6. The molecule has 124 valence electrons. The van der Waals surface area contributed by atoms with Crippen molar-refractivity contribution in [2.75, 3.05) is 5.32 Å². The molecule has 0 atom stereocenters. The lowest BCUT2D eigenvalue weighted by Gasteiger charge is -2.07. The molecule has 0 radical (unpaired) electrons. The molecule has 3 aromatic rings. The highest BCUT2D eigenvalue weighted by molar-refractivity contribution is 5.96. The first kappa shape index (κ1) is 16.5. The van der Waals surface area contributed by atoms with Crippen molar-refractivity contribution in [2.45, 2.75) is 6.42 Å². The second-order valence-electron chi connectivity index (χ2n) is 5.73. The van der Waals surface area contributed by atoms with Crippen molar-refractivity contribution in [3.63, 3.8) is 0 Å². The number of nitrogens with one attached hydrogen (secondary N) is 1. The van der Waals surface area contributed by atoms with E-state index in [0.717, 1.165) is 16.7 Å². The summed E-state index contributed by atoms with van der Waals surface area (Å²) in [4.78, 5) is 23.4. The lowest BCUT2D eigenvalue weighted by molar-refractivity contribution is -0.115. The summed E-state index contributed by atoms with van der Waals surface area (Å²) >= 11 is 0. The van der Waals surface area contributed by atoms with Gasteiger partial charge in [0.1, 0.15) is 0 Å². The molecule has 25 heavy (non-hydrogen) atoms. The Morgan fingerprint density at radius 2 is 1.48 bits per heavy atom. The van der Waals surface area contributed by atoms with Gasteiger partial charge >= 0.3 is 0 Å². The number of carbonyl (C=O) groups excluding carboxylic acids is 2. The van der Waals surface area contributed by atoms with E-state index in [2.05, 4.69) is 5.32 Å². The highest BCUT2D eigenvalue weighted by atomic mass is 16.2. The van der Waals surface area contributed by atoms with E-state index in [1.54, 1.807) is 24.3 Å². The third-order valence-corrected chi connectivity index (χ3v) is 3.86. The Labute approximate surface area is 146 Å². The van der Waals surface area contributed by atoms with Gasteiger partial charge in [-0.05, 0) is 34.9 Å². The molecule has 0 aliphatic rings. The second-order valence-corrected chi connectivity index (χ2v) is 5.73. The molecule has 3 N–H and O–H groups in total. The molecule has 2 amide bonds. The predicted octanol–water partition coefficient (Wildman–Crippen LogP) is 3.63. The van der Waals surface area contributed by atoms with Gasteiger partial charge in [0.25, 0.3) is 0 Å². The van der Waals surface area contributed by atoms with E-state index < -0.39 is 5.91 Å². The summed E-state index contributed by atoms with van der Waals surface area (Å²) in [5, 5.41) is 2.79. The zero-order valence-corrected chi connectivity index (χ0v) is 13.6. The molecule has 4 heteroatoms. The molecule has 0 saturated heterocycles. The van der Waals surface area contributed by atoms with Crippen LogP contribution in [0.4, 0.5) is 5.69 Å². The smallest absolute Gasteiger partial charge is 0.248 e. The lowest BCUT2D eigenvalue weighted by atomic mass is 10.0. The monoisotopic (exact) mass is 330 g/mol. The number of carbonyl (C=O) groups is 2. The fourth-order valence-corrected chi connectivity index (χ4v) is 2.59. The van der Waals surface area contributed by atoms with Gasteiger partial charge in [-0.3, -0.25) is 9.59 Å². The molecule has 0 aliphatic carbocycles. The molecule has 0 heterocycles. The zero-order valence-electron chi connectivity index (χ0n) is 13.6. The van der Waals surface area contributed by atoms with Gasteiger partial charge in [-0.2, -0.15) is 0 Å². The molecule has 4 nitrogen and oxygen atoms in total. The van der Waals surface area contributed by atoms with Gasteiger partial charge in [-0.1, -0.05) is 60.7 Å². The first-order chi connectivity index (χ1) is 12.1. The Morgan fingerprint density at radius 1 is 0.800 bits per heavy atom. The highest BCUT2D eigenvalue weighted by Crippen LogP contribution is 2.19. The molecule has 3 aromatic carbocycles. The van der Waals surface area contributed by atoms with Crippen molar-refractivity contribution >= 4 is 17.5 Å². The lowest BCUT2D eigenvalue weighted by Crippen LogP contribution is -2.16. The van der Waals surface area contributed by atoms with Crippen LogP contribution in [0.5, 0.6) is 0 Å². The minimum atomic E-state index is -0.521. The first-order valence-corrected chi connectivity index (χ1v) is 7.96. The molecule has 0 aliphatic heterocycles. The maximum atomic E-state index is 12.2. The number of nitrogens with two attached hydrogens (primary N) is 1. The molecule has 0 aromatic heterocycles. The van der Waals surface area contributed by atoms with Crippen LogP contribution in [0.1, 0.15) is 15.9 Å². The molecule has 0 fully saturated rings. The van der Waals surface area contributed by atoms with Crippen LogP contribution in [-0.4, -0.2) is 11.8 Å². The molecule has 0 saturated carbocycles. The number of benzene rings is 3. The Bertz CT molecular complexity index is 887. The number of primary amides is 1. The van der Waals surface area contributed by atoms with Crippen LogP contribution in [0.25, 0.3) is 11.1 Å². The SMILES string of the molecule is NC(=O)c1cccc(NC(=O)Cc2ccc(-c3ccccc3)cc2)c1. The topological polar surface area (TPSA) is 72.2 Å². The Kier molecular flexibility index (Phi) is 4.90. The first-order valence-electron chi connectivity index (χ1n) is 7.96. The third kappa shape index (κ3) is 4.32. The number of hydrogen-bond donors (Lipinski definition) is 2. The molecule has 3 rings (SSSR count). The number of rotatable bonds is 5. The van der Waals surface area contributed by atoms with Gasteiger partial charge in [-0.25, -0.2) is 0 Å². The van der Waals surface area contributed by atoms with Gasteiger partial charge in [0.15, 0.2) is 0 Å². The van der Waals surface area contributed by atoms with E-state index in [0.29, 0.717) is 11.3 Å². The van der Waals surface area contributed by atoms with Crippen molar-refractivity contribution < 1.29 is 9.59 Å². The molecule has 0 unspecified atom stereocenters. The van der Waals surface area contributed by atoms with E-state index in [9.17, 15) is 9.59 Å². The van der Waals surface area contributed by atoms with E-state index in [4.69, 9.17) is 5.73 Å². The fourth-order valence-electron chi connectivity index (χ4n) is 2.59. The summed E-state index contributed by atoms with van der Waals surface area (Å²) in [6.07, 6.45) is 0.260. The summed E-state index contributed by atoms with van der Waals surface area (Å²) in [6.45, 7) is 0.